The lowest BCUT2D eigenvalue weighted by Crippen LogP contribution is -2.31. The van der Waals surface area contributed by atoms with Gasteiger partial charge in [0, 0.05) is 23.7 Å². The molecule has 1 rings (SSSR count). The Labute approximate surface area is 105 Å². The van der Waals surface area contributed by atoms with E-state index in [2.05, 4.69) is 37.1 Å². The average molecular weight is 236 g/mol. The molecule has 0 fully saturated rings. The van der Waals surface area contributed by atoms with Crippen LogP contribution in [-0.2, 0) is 0 Å². The second kappa shape index (κ2) is 7.28. The molecule has 0 bridgehead atoms. The van der Waals surface area contributed by atoms with E-state index in [1.54, 1.807) is 0 Å². The Balaban J connectivity index is 2.66. The van der Waals surface area contributed by atoms with E-state index in [0.29, 0.717) is 18.6 Å². The highest BCUT2D eigenvalue weighted by Crippen LogP contribution is 2.19. The van der Waals surface area contributed by atoms with Gasteiger partial charge in [0.15, 0.2) is 0 Å². The van der Waals surface area contributed by atoms with Crippen LogP contribution in [0.15, 0.2) is 18.2 Å². The summed E-state index contributed by atoms with van der Waals surface area (Å²) in [6.45, 7) is 10.3. The summed E-state index contributed by atoms with van der Waals surface area (Å²) in [6, 6.07) is 6.41. The number of ether oxygens (including phenoxy) is 1. The molecule has 0 aromatic carbocycles. The van der Waals surface area contributed by atoms with Gasteiger partial charge in [-0.15, -0.1) is 0 Å². The summed E-state index contributed by atoms with van der Waals surface area (Å²) in [5.41, 5.74) is 1.09. The van der Waals surface area contributed by atoms with Gasteiger partial charge < -0.3 is 10.1 Å². The van der Waals surface area contributed by atoms with E-state index in [1.165, 1.54) is 0 Å². The van der Waals surface area contributed by atoms with E-state index < -0.39 is 0 Å². The van der Waals surface area contributed by atoms with Gasteiger partial charge in [-0.1, -0.05) is 19.9 Å². The Bertz CT molecular complexity index is 328. The van der Waals surface area contributed by atoms with E-state index >= 15 is 0 Å². The quantitative estimate of drug-likeness (QED) is 0.790. The summed E-state index contributed by atoms with van der Waals surface area (Å²) >= 11 is 0. The monoisotopic (exact) mass is 236 g/mol. The van der Waals surface area contributed by atoms with E-state index in [-0.39, 0.29) is 0 Å². The molecule has 17 heavy (non-hydrogen) atoms. The molecule has 1 aromatic heterocycles. The van der Waals surface area contributed by atoms with Gasteiger partial charge >= 0.3 is 0 Å². The standard InChI is InChI=1S/C14H24N2O/c1-5-10-15-12(4)11(3)13-8-7-9-14(16-13)17-6-2/h7-9,11-12,15H,5-6,10H2,1-4H3. The molecule has 0 saturated carbocycles. The Hall–Kier alpha value is -1.09. The molecule has 2 unspecified atom stereocenters. The predicted octanol–water partition coefficient (Wildman–Crippen LogP) is 2.97. The topological polar surface area (TPSA) is 34.1 Å². The van der Waals surface area contributed by atoms with Crippen LogP contribution >= 0.6 is 0 Å². The second-order valence-electron chi connectivity index (χ2n) is 4.37. The third-order valence-corrected chi connectivity index (χ3v) is 2.97. The molecule has 0 aliphatic carbocycles. The highest BCUT2D eigenvalue weighted by molar-refractivity contribution is 5.19. The number of nitrogens with zero attached hydrogens (tertiary/aromatic N) is 1. The molecule has 3 nitrogen and oxygen atoms in total. The molecule has 3 heteroatoms. The maximum absolute atomic E-state index is 5.43. The first-order valence-electron chi connectivity index (χ1n) is 6.52. The number of nitrogens with one attached hydrogen (secondary N) is 1. The molecule has 0 spiro atoms. The van der Waals surface area contributed by atoms with Crippen molar-refractivity contribution in [3.05, 3.63) is 23.9 Å². The fourth-order valence-electron chi connectivity index (χ4n) is 1.72. The molecule has 1 aromatic rings. The fraction of sp³-hybridized carbons (Fsp3) is 0.643. The summed E-state index contributed by atoms with van der Waals surface area (Å²) in [4.78, 5) is 4.53. The van der Waals surface area contributed by atoms with Gasteiger partial charge in [0.25, 0.3) is 0 Å². The predicted molar refractivity (Wildman–Crippen MR) is 71.6 cm³/mol. The van der Waals surface area contributed by atoms with Gasteiger partial charge in [-0.05, 0) is 32.9 Å². The fourth-order valence-corrected chi connectivity index (χ4v) is 1.72. The molecule has 1 N–H and O–H groups in total. The first-order chi connectivity index (χ1) is 8.19. The molecule has 0 aliphatic rings. The summed E-state index contributed by atoms with van der Waals surface area (Å²) < 4.78 is 5.43. The molecular formula is C14H24N2O. The molecule has 0 radical (unpaired) electrons. The largest absolute Gasteiger partial charge is 0.478 e. The number of hydrogen-bond acceptors (Lipinski definition) is 3. The van der Waals surface area contributed by atoms with Crippen molar-refractivity contribution in [2.24, 2.45) is 0 Å². The second-order valence-corrected chi connectivity index (χ2v) is 4.37. The van der Waals surface area contributed by atoms with Crippen LogP contribution < -0.4 is 10.1 Å². The molecular weight excluding hydrogens is 212 g/mol. The van der Waals surface area contributed by atoms with Crippen molar-refractivity contribution in [3.63, 3.8) is 0 Å². The van der Waals surface area contributed by atoms with Crippen LogP contribution in [0.2, 0.25) is 0 Å². The van der Waals surface area contributed by atoms with Crippen LogP contribution in [0.25, 0.3) is 0 Å². The Morgan fingerprint density at radius 2 is 2.06 bits per heavy atom. The van der Waals surface area contributed by atoms with Crippen molar-refractivity contribution in [1.82, 2.24) is 10.3 Å². The van der Waals surface area contributed by atoms with Gasteiger partial charge in [0.1, 0.15) is 0 Å². The lowest BCUT2D eigenvalue weighted by Gasteiger charge is -2.21. The lowest BCUT2D eigenvalue weighted by atomic mass is 9.99. The smallest absolute Gasteiger partial charge is 0.213 e. The number of hydrogen-bond donors (Lipinski definition) is 1. The highest BCUT2D eigenvalue weighted by Gasteiger charge is 2.15. The van der Waals surface area contributed by atoms with Crippen molar-refractivity contribution in [2.75, 3.05) is 13.2 Å². The zero-order valence-electron chi connectivity index (χ0n) is 11.4. The van der Waals surface area contributed by atoms with Crippen molar-refractivity contribution in [1.29, 1.82) is 0 Å². The molecule has 2 atom stereocenters. The van der Waals surface area contributed by atoms with Crippen LogP contribution in [0.3, 0.4) is 0 Å². The third-order valence-electron chi connectivity index (χ3n) is 2.97. The van der Waals surface area contributed by atoms with Crippen molar-refractivity contribution < 1.29 is 4.74 Å². The minimum atomic E-state index is 0.391. The Morgan fingerprint density at radius 3 is 2.71 bits per heavy atom. The van der Waals surface area contributed by atoms with E-state index in [4.69, 9.17) is 4.74 Å². The van der Waals surface area contributed by atoms with Gasteiger partial charge in [-0.25, -0.2) is 4.98 Å². The van der Waals surface area contributed by atoms with E-state index in [1.807, 2.05) is 19.1 Å². The van der Waals surface area contributed by atoms with Crippen LogP contribution in [0.1, 0.15) is 45.7 Å². The minimum Gasteiger partial charge on any atom is -0.478 e. The van der Waals surface area contributed by atoms with Crippen LogP contribution in [-0.4, -0.2) is 24.2 Å². The maximum atomic E-state index is 5.43. The normalized spacial score (nSPS) is 14.4. The van der Waals surface area contributed by atoms with Crippen molar-refractivity contribution >= 4 is 0 Å². The number of aromatic nitrogens is 1. The first-order valence-corrected chi connectivity index (χ1v) is 6.52. The van der Waals surface area contributed by atoms with E-state index in [9.17, 15) is 0 Å². The number of pyridine rings is 1. The average Bonchev–Trinajstić information content (AvgIpc) is 2.35. The van der Waals surface area contributed by atoms with Gasteiger partial charge in [-0.2, -0.15) is 0 Å². The minimum absolute atomic E-state index is 0.391. The first kappa shape index (κ1) is 14.0. The molecule has 1 heterocycles. The summed E-state index contributed by atoms with van der Waals surface area (Å²) in [6.07, 6.45) is 1.16. The molecule has 0 aliphatic heterocycles. The highest BCUT2D eigenvalue weighted by atomic mass is 16.5. The van der Waals surface area contributed by atoms with Crippen LogP contribution in [0.4, 0.5) is 0 Å². The Kier molecular flexibility index (Phi) is 5.98. The molecule has 0 amide bonds. The molecule has 0 saturated heterocycles. The summed E-state index contributed by atoms with van der Waals surface area (Å²) in [7, 11) is 0. The third kappa shape index (κ3) is 4.35. The van der Waals surface area contributed by atoms with E-state index in [0.717, 1.165) is 24.5 Å². The maximum Gasteiger partial charge on any atom is 0.213 e. The van der Waals surface area contributed by atoms with Crippen LogP contribution in [0.5, 0.6) is 5.88 Å². The zero-order chi connectivity index (χ0) is 12.7. The lowest BCUT2D eigenvalue weighted by molar-refractivity contribution is 0.324. The van der Waals surface area contributed by atoms with Gasteiger partial charge in [0.2, 0.25) is 5.88 Å². The zero-order valence-corrected chi connectivity index (χ0v) is 11.4. The summed E-state index contributed by atoms with van der Waals surface area (Å²) in [5, 5.41) is 3.50. The van der Waals surface area contributed by atoms with Crippen molar-refractivity contribution in [2.45, 2.75) is 46.1 Å². The van der Waals surface area contributed by atoms with Gasteiger partial charge in [0.05, 0.1) is 6.61 Å². The van der Waals surface area contributed by atoms with Crippen molar-refractivity contribution in [3.8, 4) is 5.88 Å². The SMILES string of the molecule is CCCNC(C)C(C)c1cccc(OCC)n1. The van der Waals surface area contributed by atoms with Gasteiger partial charge in [-0.3, -0.25) is 0 Å². The summed E-state index contributed by atoms with van der Waals surface area (Å²) in [5.74, 6) is 1.11. The Morgan fingerprint density at radius 1 is 1.29 bits per heavy atom. The van der Waals surface area contributed by atoms with Crippen LogP contribution in [0, 0.1) is 0 Å². The molecule has 96 valence electrons. The number of rotatable bonds is 7.